The lowest BCUT2D eigenvalue weighted by Crippen LogP contribution is -1.98. The number of hydrogen-bond acceptors (Lipinski definition) is 2. The fourth-order valence-corrected chi connectivity index (χ4v) is 2.14. The number of aryl methyl sites for hydroxylation is 1. The summed E-state index contributed by atoms with van der Waals surface area (Å²) in [6.45, 7) is 0.732. The molecule has 108 valence electrons. The molecule has 5 heteroatoms. The van der Waals surface area contributed by atoms with Crippen molar-refractivity contribution in [3.63, 3.8) is 0 Å². The SMILES string of the molecule is NCCCCCCc1ncc(-c2cc(F)cc(F)c2)[nH]1. The predicted octanol–water partition coefficient (Wildman–Crippen LogP) is 3.42. The molecule has 0 bridgehead atoms. The highest BCUT2D eigenvalue weighted by Crippen LogP contribution is 2.20. The molecule has 0 fully saturated rings. The summed E-state index contributed by atoms with van der Waals surface area (Å²) >= 11 is 0. The predicted molar refractivity (Wildman–Crippen MR) is 75.2 cm³/mol. The van der Waals surface area contributed by atoms with Gasteiger partial charge in [-0.1, -0.05) is 12.8 Å². The van der Waals surface area contributed by atoms with E-state index >= 15 is 0 Å². The van der Waals surface area contributed by atoms with Gasteiger partial charge in [-0.05, 0) is 31.5 Å². The van der Waals surface area contributed by atoms with Crippen LogP contribution in [-0.4, -0.2) is 16.5 Å². The van der Waals surface area contributed by atoms with Crippen LogP contribution in [0.2, 0.25) is 0 Å². The van der Waals surface area contributed by atoms with Crippen LogP contribution in [0.5, 0.6) is 0 Å². The first kappa shape index (κ1) is 14.7. The summed E-state index contributed by atoms with van der Waals surface area (Å²) in [7, 11) is 0. The van der Waals surface area contributed by atoms with Crippen LogP contribution in [-0.2, 0) is 6.42 Å². The van der Waals surface area contributed by atoms with E-state index < -0.39 is 11.6 Å². The zero-order chi connectivity index (χ0) is 14.4. The molecule has 0 aliphatic heterocycles. The summed E-state index contributed by atoms with van der Waals surface area (Å²) in [6, 6.07) is 3.45. The minimum absolute atomic E-state index is 0.476. The lowest BCUT2D eigenvalue weighted by molar-refractivity contribution is 0.584. The fraction of sp³-hybridized carbons (Fsp3) is 0.400. The number of H-pyrrole nitrogens is 1. The smallest absolute Gasteiger partial charge is 0.126 e. The number of hydrogen-bond donors (Lipinski definition) is 2. The summed E-state index contributed by atoms with van der Waals surface area (Å²) < 4.78 is 26.3. The number of unbranched alkanes of at least 4 members (excludes halogenated alkanes) is 3. The largest absolute Gasteiger partial charge is 0.342 e. The van der Waals surface area contributed by atoms with Crippen molar-refractivity contribution < 1.29 is 8.78 Å². The second-order valence-electron chi connectivity index (χ2n) is 4.85. The van der Waals surface area contributed by atoms with E-state index in [2.05, 4.69) is 9.97 Å². The third-order valence-corrected chi connectivity index (χ3v) is 3.17. The van der Waals surface area contributed by atoms with Gasteiger partial charge in [0.15, 0.2) is 0 Å². The quantitative estimate of drug-likeness (QED) is 0.763. The van der Waals surface area contributed by atoms with Crippen molar-refractivity contribution in [3.8, 4) is 11.3 Å². The third-order valence-electron chi connectivity index (χ3n) is 3.17. The lowest BCUT2D eigenvalue weighted by atomic mass is 10.1. The molecule has 0 aliphatic rings. The van der Waals surface area contributed by atoms with Gasteiger partial charge in [0, 0.05) is 18.1 Å². The Morgan fingerprint density at radius 2 is 1.70 bits per heavy atom. The van der Waals surface area contributed by atoms with Crippen molar-refractivity contribution in [3.05, 3.63) is 41.9 Å². The van der Waals surface area contributed by atoms with Crippen molar-refractivity contribution >= 4 is 0 Å². The number of halogens is 2. The van der Waals surface area contributed by atoms with Gasteiger partial charge in [-0.3, -0.25) is 0 Å². The summed E-state index contributed by atoms with van der Waals surface area (Å²) in [5.74, 6) is -0.326. The standard InChI is InChI=1S/C15H19F2N3/c16-12-7-11(8-13(17)9-12)14-10-19-15(20-14)5-3-1-2-4-6-18/h7-10H,1-6,18H2,(H,19,20). The Hall–Kier alpha value is -1.75. The number of imidazole rings is 1. The molecule has 1 aromatic heterocycles. The van der Waals surface area contributed by atoms with E-state index in [1.807, 2.05) is 0 Å². The summed E-state index contributed by atoms with van der Waals surface area (Å²) in [4.78, 5) is 7.35. The highest BCUT2D eigenvalue weighted by molar-refractivity contribution is 5.58. The van der Waals surface area contributed by atoms with Crippen LogP contribution in [0.15, 0.2) is 24.4 Å². The first-order valence-electron chi connectivity index (χ1n) is 6.89. The number of nitrogens with one attached hydrogen (secondary N) is 1. The second-order valence-corrected chi connectivity index (χ2v) is 4.85. The van der Waals surface area contributed by atoms with Crippen LogP contribution in [0.3, 0.4) is 0 Å². The maximum absolute atomic E-state index is 13.2. The fourth-order valence-electron chi connectivity index (χ4n) is 2.14. The minimum atomic E-state index is -0.585. The van der Waals surface area contributed by atoms with E-state index in [0.29, 0.717) is 11.3 Å². The van der Waals surface area contributed by atoms with Gasteiger partial charge in [-0.25, -0.2) is 13.8 Å². The Bertz CT molecular complexity index is 532. The van der Waals surface area contributed by atoms with Gasteiger partial charge < -0.3 is 10.7 Å². The first-order valence-corrected chi connectivity index (χ1v) is 6.89. The average molecular weight is 279 g/mol. The Morgan fingerprint density at radius 3 is 2.40 bits per heavy atom. The van der Waals surface area contributed by atoms with Crippen molar-refractivity contribution in [2.45, 2.75) is 32.1 Å². The summed E-state index contributed by atoms with van der Waals surface area (Å²) in [6.07, 6.45) is 6.77. The van der Waals surface area contributed by atoms with E-state index in [4.69, 9.17) is 5.73 Å². The molecule has 0 saturated carbocycles. The van der Waals surface area contributed by atoms with Crippen LogP contribution >= 0.6 is 0 Å². The Morgan fingerprint density at radius 1 is 1.00 bits per heavy atom. The van der Waals surface area contributed by atoms with Gasteiger partial charge in [-0.15, -0.1) is 0 Å². The lowest BCUT2D eigenvalue weighted by Gasteiger charge is -2.00. The van der Waals surface area contributed by atoms with Gasteiger partial charge in [0.1, 0.15) is 17.5 Å². The minimum Gasteiger partial charge on any atom is -0.342 e. The molecular formula is C15H19F2N3. The van der Waals surface area contributed by atoms with Crippen molar-refractivity contribution in [2.24, 2.45) is 5.73 Å². The number of aromatic nitrogens is 2. The monoisotopic (exact) mass is 279 g/mol. The second kappa shape index (κ2) is 7.14. The van der Waals surface area contributed by atoms with E-state index in [1.54, 1.807) is 6.20 Å². The maximum Gasteiger partial charge on any atom is 0.126 e. The molecular weight excluding hydrogens is 260 g/mol. The Balaban J connectivity index is 1.94. The Kier molecular flexibility index (Phi) is 5.24. The van der Waals surface area contributed by atoms with Gasteiger partial charge in [0.2, 0.25) is 0 Å². The molecule has 20 heavy (non-hydrogen) atoms. The molecule has 0 unspecified atom stereocenters. The molecule has 1 heterocycles. The maximum atomic E-state index is 13.2. The van der Waals surface area contributed by atoms with Crippen molar-refractivity contribution in [1.29, 1.82) is 0 Å². The van der Waals surface area contributed by atoms with E-state index in [0.717, 1.165) is 50.5 Å². The molecule has 2 rings (SSSR count). The van der Waals surface area contributed by atoms with Gasteiger partial charge in [0.25, 0.3) is 0 Å². The third kappa shape index (κ3) is 4.13. The molecule has 0 saturated heterocycles. The van der Waals surface area contributed by atoms with E-state index in [9.17, 15) is 8.78 Å². The van der Waals surface area contributed by atoms with Crippen LogP contribution in [0, 0.1) is 11.6 Å². The zero-order valence-corrected chi connectivity index (χ0v) is 11.3. The van der Waals surface area contributed by atoms with Crippen LogP contribution in [0.1, 0.15) is 31.5 Å². The number of benzene rings is 1. The molecule has 1 aromatic carbocycles. The number of rotatable bonds is 7. The highest BCUT2D eigenvalue weighted by atomic mass is 19.1. The highest BCUT2D eigenvalue weighted by Gasteiger charge is 2.06. The number of nitrogens with two attached hydrogens (primary N) is 1. The number of aromatic amines is 1. The summed E-state index contributed by atoms with van der Waals surface area (Å²) in [5, 5.41) is 0. The van der Waals surface area contributed by atoms with Gasteiger partial charge in [0.05, 0.1) is 11.9 Å². The zero-order valence-electron chi connectivity index (χ0n) is 11.3. The topological polar surface area (TPSA) is 54.7 Å². The molecule has 0 aliphatic carbocycles. The molecule has 3 nitrogen and oxygen atoms in total. The van der Waals surface area contributed by atoms with Gasteiger partial charge in [-0.2, -0.15) is 0 Å². The van der Waals surface area contributed by atoms with E-state index in [1.165, 1.54) is 12.1 Å². The van der Waals surface area contributed by atoms with Gasteiger partial charge >= 0.3 is 0 Å². The Labute approximate surface area is 117 Å². The van der Waals surface area contributed by atoms with Crippen LogP contribution < -0.4 is 5.73 Å². The molecule has 0 atom stereocenters. The molecule has 2 aromatic rings. The van der Waals surface area contributed by atoms with Crippen molar-refractivity contribution in [1.82, 2.24) is 9.97 Å². The van der Waals surface area contributed by atoms with Crippen molar-refractivity contribution in [2.75, 3.05) is 6.54 Å². The molecule has 0 spiro atoms. The normalized spacial score (nSPS) is 10.9. The molecule has 3 N–H and O–H groups in total. The van der Waals surface area contributed by atoms with Crippen LogP contribution in [0.25, 0.3) is 11.3 Å². The molecule has 0 radical (unpaired) electrons. The average Bonchev–Trinajstić information content (AvgIpc) is 2.86. The number of nitrogens with zero attached hydrogens (tertiary/aromatic N) is 1. The van der Waals surface area contributed by atoms with E-state index in [-0.39, 0.29) is 0 Å². The summed E-state index contributed by atoms with van der Waals surface area (Å²) in [5.41, 5.74) is 6.55. The van der Waals surface area contributed by atoms with Crippen LogP contribution in [0.4, 0.5) is 8.78 Å². The molecule has 0 amide bonds. The first-order chi connectivity index (χ1) is 9.69.